The van der Waals surface area contributed by atoms with E-state index in [0.717, 1.165) is 17.7 Å². The van der Waals surface area contributed by atoms with Gasteiger partial charge in [-0.3, -0.25) is 14.4 Å². The van der Waals surface area contributed by atoms with Gasteiger partial charge in [-0.1, -0.05) is 69.7 Å². The Morgan fingerprint density at radius 1 is 0.901 bits per heavy atom. The van der Waals surface area contributed by atoms with Crippen LogP contribution in [0.5, 0.6) is 0 Å². The number of nitriles is 1. The van der Waals surface area contributed by atoms with Gasteiger partial charge in [0.2, 0.25) is 5.79 Å². The van der Waals surface area contributed by atoms with Gasteiger partial charge in [0, 0.05) is 50.4 Å². The number of amides is 1. The molecular weight excluding hydrogens is 905 g/mol. The van der Waals surface area contributed by atoms with Crippen LogP contribution in [0.1, 0.15) is 131 Å². The number of esters is 1. The normalized spacial score (nSPS) is 37.7. The lowest BCUT2D eigenvalue weighted by atomic mass is 9.78. The van der Waals surface area contributed by atoms with Crippen LogP contribution in [-0.4, -0.2) is 125 Å². The van der Waals surface area contributed by atoms with Gasteiger partial charge in [-0.05, 0) is 145 Å². The SMILES string of the molecule is COC1CC(C[C@@H](C)[C@@H]2CC[C@H](N)/C=C(\C)C(O)[C@@H](OC)C(=O)C(C)C[C@H](C)/C=C/C=C/C=C(\C)[C@@H](Nc3ccc(C#N)cc3)C[C@@H]3CCC(C)C(O)(O3)C(=O)C(=O)N3CCCCC3C(=O)O2)CC[C@H]1O. The van der Waals surface area contributed by atoms with E-state index in [1.54, 1.807) is 39.2 Å². The van der Waals surface area contributed by atoms with E-state index in [-0.39, 0.29) is 48.6 Å². The van der Waals surface area contributed by atoms with E-state index in [9.17, 15) is 39.8 Å². The highest BCUT2D eigenvalue weighted by atomic mass is 16.6. The van der Waals surface area contributed by atoms with Gasteiger partial charge >= 0.3 is 5.97 Å². The van der Waals surface area contributed by atoms with Crippen molar-refractivity contribution in [3.05, 3.63) is 77.4 Å². The number of hydrogen-bond acceptors (Lipinski definition) is 14. The maximum atomic E-state index is 14.5. The number of nitrogens with zero attached hydrogens (tertiary/aromatic N) is 2. The fourth-order valence-corrected chi connectivity index (χ4v) is 10.9. The molecule has 1 aromatic rings. The van der Waals surface area contributed by atoms with Crippen molar-refractivity contribution in [1.29, 1.82) is 5.26 Å². The van der Waals surface area contributed by atoms with E-state index < -0.39 is 77.9 Å². The molecule has 0 spiro atoms. The highest BCUT2D eigenvalue weighted by Gasteiger charge is 2.53. The summed E-state index contributed by atoms with van der Waals surface area (Å²) in [6.07, 6.45) is 13.5. The van der Waals surface area contributed by atoms with E-state index in [0.29, 0.717) is 81.8 Å². The predicted octanol–water partition coefficient (Wildman–Crippen LogP) is 7.03. The molecule has 5 rings (SSSR count). The van der Waals surface area contributed by atoms with Crippen molar-refractivity contribution in [2.75, 3.05) is 26.1 Å². The second-order valence-corrected chi connectivity index (χ2v) is 21.0. The average molecular weight is 987 g/mol. The summed E-state index contributed by atoms with van der Waals surface area (Å²) in [6.45, 7) is 11.3. The van der Waals surface area contributed by atoms with Crippen LogP contribution < -0.4 is 11.1 Å². The first-order valence-corrected chi connectivity index (χ1v) is 25.9. The third-order valence-electron chi connectivity index (χ3n) is 15.5. The van der Waals surface area contributed by atoms with Gasteiger partial charge < -0.3 is 50.2 Å². The molecule has 1 aliphatic carbocycles. The van der Waals surface area contributed by atoms with Gasteiger partial charge in [-0.2, -0.15) is 5.26 Å². The molecule has 15 nitrogen and oxygen atoms in total. The number of ether oxygens (including phenoxy) is 4. The van der Waals surface area contributed by atoms with Gasteiger partial charge in [0.1, 0.15) is 24.4 Å². The zero-order valence-electron chi connectivity index (χ0n) is 43.3. The number of nitrogens with two attached hydrogens (primary N) is 1. The number of hydrogen-bond donors (Lipinski definition) is 5. The summed E-state index contributed by atoms with van der Waals surface area (Å²) < 4.78 is 23.9. The molecule has 3 fully saturated rings. The molecule has 4 aliphatic rings. The Kier molecular flexibility index (Phi) is 21.8. The van der Waals surface area contributed by atoms with E-state index >= 15 is 0 Å². The van der Waals surface area contributed by atoms with Crippen LogP contribution >= 0.6 is 0 Å². The number of carbonyl (C=O) groups is 4. The van der Waals surface area contributed by atoms with E-state index in [1.807, 2.05) is 70.2 Å². The largest absolute Gasteiger partial charge is 0.461 e. The molecule has 7 unspecified atom stereocenters. The Bertz CT molecular complexity index is 2120. The number of nitrogens with one attached hydrogen (secondary N) is 1. The molecule has 3 heterocycles. The van der Waals surface area contributed by atoms with Crippen LogP contribution in [0.15, 0.2) is 71.9 Å². The van der Waals surface area contributed by atoms with Crippen LogP contribution in [0.3, 0.4) is 0 Å². The number of ketones is 2. The number of methoxy groups -OCH3 is 2. The average Bonchev–Trinajstić information content (AvgIpc) is 3.35. The number of rotatable bonds is 7. The highest BCUT2D eigenvalue weighted by molar-refractivity contribution is 6.39. The lowest BCUT2D eigenvalue weighted by molar-refractivity contribution is -0.263. The molecular formula is C56H82N4O11. The number of piperidine rings is 1. The maximum Gasteiger partial charge on any atom is 0.329 e. The Labute approximate surface area is 421 Å². The Morgan fingerprint density at radius 3 is 2.32 bits per heavy atom. The van der Waals surface area contributed by atoms with E-state index in [2.05, 4.69) is 11.4 Å². The molecule has 2 saturated heterocycles. The zero-order chi connectivity index (χ0) is 52.0. The molecule has 71 heavy (non-hydrogen) atoms. The third-order valence-corrected chi connectivity index (χ3v) is 15.5. The second-order valence-electron chi connectivity index (χ2n) is 21.0. The second kappa shape index (κ2) is 27.0. The lowest BCUT2D eigenvalue weighted by Gasteiger charge is -2.43. The van der Waals surface area contributed by atoms with Crippen molar-refractivity contribution in [2.45, 2.75) is 186 Å². The van der Waals surface area contributed by atoms with Crippen molar-refractivity contribution < 1.29 is 53.4 Å². The molecule has 2 bridgehead atoms. The first-order chi connectivity index (χ1) is 33.8. The smallest absolute Gasteiger partial charge is 0.329 e. The van der Waals surface area contributed by atoms with Crippen molar-refractivity contribution >= 4 is 29.1 Å². The number of Topliss-reactive ketones (excluding diaryl/α,β-unsaturated/α-hetero) is 2. The molecule has 392 valence electrons. The number of benzene rings is 1. The number of allylic oxidation sites excluding steroid dienone is 5. The fraction of sp³-hybridized carbons (Fsp3) is 0.661. The molecule has 1 aromatic carbocycles. The van der Waals surface area contributed by atoms with Crippen molar-refractivity contribution in [3.8, 4) is 6.07 Å². The van der Waals surface area contributed by atoms with Crippen LogP contribution in [-0.2, 0) is 38.1 Å². The number of cyclic esters (lactones) is 1. The Balaban J connectivity index is 1.48. The molecule has 15 heteroatoms. The van der Waals surface area contributed by atoms with Gasteiger partial charge in [-0.15, -0.1) is 0 Å². The summed E-state index contributed by atoms with van der Waals surface area (Å²) in [6, 6.07) is 7.17. The van der Waals surface area contributed by atoms with E-state index in [4.69, 9.17) is 24.7 Å². The minimum Gasteiger partial charge on any atom is -0.461 e. The fourth-order valence-electron chi connectivity index (χ4n) is 10.9. The summed E-state index contributed by atoms with van der Waals surface area (Å²) in [5.74, 6) is -6.56. The third kappa shape index (κ3) is 15.5. The van der Waals surface area contributed by atoms with Gasteiger partial charge in [0.05, 0.1) is 29.9 Å². The predicted molar refractivity (Wildman–Crippen MR) is 271 cm³/mol. The first kappa shape index (κ1) is 57.4. The minimum absolute atomic E-state index is 0.0145. The topological polar surface area (TPSA) is 231 Å². The molecule has 3 aliphatic heterocycles. The van der Waals surface area contributed by atoms with Gasteiger partial charge in [0.25, 0.3) is 11.7 Å². The van der Waals surface area contributed by atoms with Crippen molar-refractivity contribution in [2.24, 2.45) is 35.3 Å². The molecule has 6 N–H and O–H groups in total. The number of carbonyl (C=O) groups excluding carboxylic acids is 4. The number of aliphatic hydroxyl groups excluding tert-OH is 2. The van der Waals surface area contributed by atoms with Crippen LogP contribution in [0, 0.1) is 40.9 Å². The summed E-state index contributed by atoms with van der Waals surface area (Å²) in [7, 11) is 3.00. The molecule has 1 saturated carbocycles. The quantitative estimate of drug-likeness (QED) is 0.105. The lowest BCUT2D eigenvalue weighted by Crippen LogP contribution is -2.61. The summed E-state index contributed by atoms with van der Waals surface area (Å²) in [5, 5.41) is 47.1. The first-order valence-electron chi connectivity index (χ1n) is 25.9. The number of aliphatic hydroxyl groups is 3. The van der Waals surface area contributed by atoms with E-state index in [1.165, 1.54) is 12.0 Å². The van der Waals surface area contributed by atoms with Crippen LogP contribution in [0.4, 0.5) is 5.69 Å². The zero-order valence-corrected chi connectivity index (χ0v) is 43.3. The Hall–Kier alpha value is -4.53. The molecule has 0 aromatic heterocycles. The molecule has 0 radical (unpaired) electrons. The van der Waals surface area contributed by atoms with Gasteiger partial charge in [0.15, 0.2) is 5.78 Å². The summed E-state index contributed by atoms with van der Waals surface area (Å²) >= 11 is 0. The summed E-state index contributed by atoms with van der Waals surface area (Å²) in [4.78, 5) is 58.4. The monoisotopic (exact) mass is 987 g/mol. The molecule has 1 amide bonds. The van der Waals surface area contributed by atoms with Crippen LogP contribution in [0.2, 0.25) is 0 Å². The Morgan fingerprint density at radius 2 is 1.63 bits per heavy atom. The van der Waals surface area contributed by atoms with Gasteiger partial charge in [-0.25, -0.2) is 4.79 Å². The maximum absolute atomic E-state index is 14.5. The highest BCUT2D eigenvalue weighted by Crippen LogP contribution is 2.38. The molecule has 15 atom stereocenters. The van der Waals surface area contributed by atoms with Crippen LogP contribution in [0.25, 0.3) is 0 Å². The standard InChI is InChI=1S/C56H82N4O11/c1-34-14-10-9-11-15-35(2)45(59-43-22-18-40(33-57)19-23-43)32-44-24-17-39(6)56(67,71-44)53(64)54(65)60-27-13-12-16-46(60)55(66)70-48(36(3)29-41-20-25-47(61)49(31-41)68-7)26-21-42(58)30-38(5)51(63)52(69-8)50(62)37(4)28-34/h9-11,14-15,18-19,22-23,30,34,36-37,39,41-42,44-49,51-52,59,61,63,67H,12-13,16-17,20-21,24-29,31-32,58H2,1-8H3/b11-9+,14-10+,35-15+,38-30+/t34-,36-,37?,39?,41?,42+,44+,45+,46?,47-,48+,49?,51?,52+,56?/m1/s1. The summed E-state index contributed by atoms with van der Waals surface area (Å²) in [5.41, 5.74) is 9.35. The van der Waals surface area contributed by atoms with Crippen molar-refractivity contribution in [1.82, 2.24) is 4.90 Å². The minimum atomic E-state index is -2.45. The number of fused-ring (bicyclic) bond motifs is 3. The van der Waals surface area contributed by atoms with Crippen molar-refractivity contribution in [3.63, 3.8) is 0 Å². The number of anilines is 1.